The lowest BCUT2D eigenvalue weighted by Gasteiger charge is -2.35. The van der Waals surface area contributed by atoms with E-state index >= 15 is 0 Å². The third-order valence-electron chi connectivity index (χ3n) is 5.91. The van der Waals surface area contributed by atoms with Gasteiger partial charge in [-0.25, -0.2) is 0 Å². The maximum atomic E-state index is 12.9. The van der Waals surface area contributed by atoms with Crippen LogP contribution in [-0.4, -0.2) is 51.6 Å². The molecule has 0 bridgehead atoms. The van der Waals surface area contributed by atoms with Crippen LogP contribution in [0.25, 0.3) is 0 Å². The van der Waals surface area contributed by atoms with E-state index in [-0.39, 0.29) is 17.7 Å². The number of carbonyl (C=O) groups is 1. The molecule has 2 aliphatic heterocycles. The van der Waals surface area contributed by atoms with Crippen LogP contribution in [0.3, 0.4) is 0 Å². The third-order valence-corrected chi connectivity index (χ3v) is 5.91. The number of hydrogen-bond acceptors (Lipinski definition) is 4. The molecular weight excluding hydrogens is 340 g/mol. The highest BCUT2D eigenvalue weighted by Crippen LogP contribution is 2.31. The van der Waals surface area contributed by atoms with Gasteiger partial charge in [0.15, 0.2) is 0 Å². The molecule has 2 aromatic rings. The molecule has 2 fully saturated rings. The van der Waals surface area contributed by atoms with Crippen LogP contribution in [0.2, 0.25) is 0 Å². The summed E-state index contributed by atoms with van der Waals surface area (Å²) in [6, 6.07) is 14.6. The van der Waals surface area contributed by atoms with Crippen molar-refractivity contribution in [2.45, 2.75) is 37.8 Å². The Kier molecular flexibility index (Phi) is 5.03. The number of piperidine rings is 1. The van der Waals surface area contributed by atoms with E-state index in [0.717, 1.165) is 44.5 Å². The summed E-state index contributed by atoms with van der Waals surface area (Å²) in [5.41, 5.74) is 2.33. The molecule has 142 valence electrons. The predicted molar refractivity (Wildman–Crippen MR) is 104 cm³/mol. The smallest absolute Gasteiger partial charge is 0.240 e. The molecule has 1 atom stereocenters. The first kappa shape index (κ1) is 17.9. The molecule has 5 heteroatoms. The fraction of sp³-hybridized carbons (Fsp3) is 0.409. The summed E-state index contributed by atoms with van der Waals surface area (Å²) in [7, 11) is 0. The second-order valence-electron chi connectivity index (χ2n) is 7.63. The number of benzene rings is 2. The topological polar surface area (TPSA) is 64.0 Å². The zero-order valence-electron chi connectivity index (χ0n) is 15.4. The Hall–Kier alpha value is -2.53. The largest absolute Gasteiger partial charge is 0.508 e. The van der Waals surface area contributed by atoms with E-state index in [1.807, 2.05) is 29.2 Å². The highest BCUT2D eigenvalue weighted by molar-refractivity contribution is 5.84. The summed E-state index contributed by atoms with van der Waals surface area (Å²) in [4.78, 5) is 17.1. The zero-order chi connectivity index (χ0) is 18.8. The monoisotopic (exact) mass is 366 g/mol. The highest BCUT2D eigenvalue weighted by Gasteiger charge is 2.37. The average molecular weight is 366 g/mol. The maximum absolute atomic E-state index is 12.9. The summed E-state index contributed by atoms with van der Waals surface area (Å²) in [5, 5.41) is 18.9. The number of phenols is 2. The van der Waals surface area contributed by atoms with Crippen molar-refractivity contribution in [1.82, 2.24) is 9.80 Å². The van der Waals surface area contributed by atoms with Crippen LogP contribution in [0, 0.1) is 0 Å². The lowest BCUT2D eigenvalue weighted by Crippen LogP contribution is -2.45. The van der Waals surface area contributed by atoms with E-state index in [4.69, 9.17) is 0 Å². The molecule has 1 amide bonds. The van der Waals surface area contributed by atoms with Crippen LogP contribution in [0.1, 0.15) is 36.3 Å². The standard InChI is InChI=1S/C22H26N2O3/c25-19-5-1-16(2-6-19)15-24-14-11-21(22(24)27)23-12-9-18(10-13-23)17-3-7-20(26)8-4-17/h1-8,18,21,25-26H,9-15H2. The molecular formula is C22H26N2O3. The van der Waals surface area contributed by atoms with E-state index in [0.29, 0.717) is 18.2 Å². The van der Waals surface area contributed by atoms with Gasteiger partial charge in [-0.1, -0.05) is 24.3 Å². The number of nitrogens with zero attached hydrogens (tertiary/aromatic N) is 2. The van der Waals surface area contributed by atoms with Crippen LogP contribution in [0.4, 0.5) is 0 Å². The molecule has 0 aliphatic carbocycles. The Balaban J connectivity index is 1.33. The first-order valence-electron chi connectivity index (χ1n) is 9.70. The molecule has 2 saturated heterocycles. The molecule has 0 aromatic heterocycles. The zero-order valence-corrected chi connectivity index (χ0v) is 15.4. The minimum atomic E-state index is 0.00267. The van der Waals surface area contributed by atoms with Gasteiger partial charge < -0.3 is 15.1 Å². The van der Waals surface area contributed by atoms with Gasteiger partial charge in [0, 0.05) is 13.1 Å². The van der Waals surface area contributed by atoms with Crippen molar-refractivity contribution in [2.24, 2.45) is 0 Å². The summed E-state index contributed by atoms with van der Waals surface area (Å²) in [6.07, 6.45) is 2.99. The molecule has 5 nitrogen and oxygen atoms in total. The SMILES string of the molecule is O=C1C(N2CCC(c3ccc(O)cc3)CC2)CCN1Cc1ccc(O)cc1. The van der Waals surface area contributed by atoms with Crippen molar-refractivity contribution in [3.8, 4) is 11.5 Å². The Morgan fingerprint density at radius 2 is 1.41 bits per heavy atom. The van der Waals surface area contributed by atoms with Crippen molar-refractivity contribution < 1.29 is 15.0 Å². The molecule has 1 unspecified atom stereocenters. The quantitative estimate of drug-likeness (QED) is 0.873. The molecule has 2 N–H and O–H groups in total. The van der Waals surface area contributed by atoms with Gasteiger partial charge in [-0.05, 0) is 73.7 Å². The molecule has 27 heavy (non-hydrogen) atoms. The van der Waals surface area contributed by atoms with Crippen molar-refractivity contribution in [1.29, 1.82) is 0 Å². The Morgan fingerprint density at radius 1 is 0.815 bits per heavy atom. The van der Waals surface area contributed by atoms with Crippen LogP contribution >= 0.6 is 0 Å². The average Bonchev–Trinajstić information content (AvgIpc) is 3.05. The number of aromatic hydroxyl groups is 2. The second kappa shape index (κ2) is 7.61. The van der Waals surface area contributed by atoms with E-state index in [1.54, 1.807) is 24.3 Å². The van der Waals surface area contributed by atoms with E-state index < -0.39 is 0 Å². The number of likely N-dealkylation sites (tertiary alicyclic amines) is 2. The van der Waals surface area contributed by atoms with Crippen LogP contribution in [-0.2, 0) is 11.3 Å². The molecule has 2 aliphatic rings. The molecule has 0 radical (unpaired) electrons. The van der Waals surface area contributed by atoms with Gasteiger partial charge in [-0.3, -0.25) is 9.69 Å². The first-order valence-corrected chi connectivity index (χ1v) is 9.70. The van der Waals surface area contributed by atoms with E-state index in [2.05, 4.69) is 4.90 Å². The van der Waals surface area contributed by atoms with Crippen molar-refractivity contribution in [2.75, 3.05) is 19.6 Å². The van der Waals surface area contributed by atoms with Gasteiger partial charge >= 0.3 is 0 Å². The number of amides is 1. The van der Waals surface area contributed by atoms with Crippen molar-refractivity contribution in [3.05, 3.63) is 59.7 Å². The van der Waals surface area contributed by atoms with Crippen LogP contribution < -0.4 is 0 Å². The molecule has 0 spiro atoms. The minimum Gasteiger partial charge on any atom is -0.508 e. The van der Waals surface area contributed by atoms with Gasteiger partial charge in [0.1, 0.15) is 11.5 Å². The summed E-state index contributed by atoms with van der Waals surface area (Å²) >= 11 is 0. The number of hydrogen-bond donors (Lipinski definition) is 2. The van der Waals surface area contributed by atoms with Crippen LogP contribution in [0.5, 0.6) is 11.5 Å². The Morgan fingerprint density at radius 3 is 2.04 bits per heavy atom. The summed E-state index contributed by atoms with van der Waals surface area (Å²) < 4.78 is 0. The second-order valence-corrected chi connectivity index (χ2v) is 7.63. The summed E-state index contributed by atoms with van der Waals surface area (Å²) in [5.74, 6) is 1.29. The number of rotatable bonds is 4. The van der Waals surface area contributed by atoms with Gasteiger partial charge in [-0.15, -0.1) is 0 Å². The first-order chi connectivity index (χ1) is 13.1. The van der Waals surface area contributed by atoms with Crippen LogP contribution in [0.15, 0.2) is 48.5 Å². The van der Waals surface area contributed by atoms with E-state index in [9.17, 15) is 15.0 Å². The Labute approximate surface area is 159 Å². The van der Waals surface area contributed by atoms with Gasteiger partial charge in [0.05, 0.1) is 6.04 Å². The maximum Gasteiger partial charge on any atom is 0.240 e. The molecule has 4 rings (SSSR count). The lowest BCUT2D eigenvalue weighted by atomic mass is 9.89. The molecule has 2 heterocycles. The minimum absolute atomic E-state index is 0.00267. The lowest BCUT2D eigenvalue weighted by molar-refractivity contribution is -0.133. The van der Waals surface area contributed by atoms with E-state index in [1.165, 1.54) is 5.56 Å². The summed E-state index contributed by atoms with van der Waals surface area (Å²) in [6.45, 7) is 3.28. The van der Waals surface area contributed by atoms with Crippen molar-refractivity contribution >= 4 is 5.91 Å². The van der Waals surface area contributed by atoms with Gasteiger partial charge in [0.25, 0.3) is 0 Å². The Bertz CT molecular complexity index is 780. The van der Waals surface area contributed by atoms with Gasteiger partial charge in [-0.2, -0.15) is 0 Å². The fourth-order valence-corrected chi connectivity index (χ4v) is 4.33. The van der Waals surface area contributed by atoms with Crippen molar-refractivity contribution in [3.63, 3.8) is 0 Å². The third kappa shape index (κ3) is 3.93. The fourth-order valence-electron chi connectivity index (χ4n) is 4.33. The number of phenolic OH excluding ortho intramolecular Hbond substituents is 2. The molecule has 2 aromatic carbocycles. The highest BCUT2D eigenvalue weighted by atomic mass is 16.3. The molecule has 0 saturated carbocycles. The normalized spacial score (nSPS) is 21.7. The number of carbonyl (C=O) groups excluding carboxylic acids is 1. The van der Waals surface area contributed by atoms with Gasteiger partial charge in [0.2, 0.25) is 5.91 Å². The predicted octanol–water partition coefficient (Wildman–Crippen LogP) is 3.08.